The van der Waals surface area contributed by atoms with Gasteiger partial charge in [0, 0.05) is 31.4 Å². The number of carboxylic acids is 1. The van der Waals surface area contributed by atoms with Crippen LogP contribution >= 0.6 is 0 Å². The van der Waals surface area contributed by atoms with Gasteiger partial charge in [0.2, 0.25) is 0 Å². The van der Waals surface area contributed by atoms with E-state index in [1.54, 1.807) is 25.3 Å². The average Bonchev–Trinajstić information content (AvgIpc) is 2.80. The lowest BCUT2D eigenvalue weighted by Crippen LogP contribution is -2.20. The van der Waals surface area contributed by atoms with Gasteiger partial charge >= 0.3 is 5.97 Å². The zero-order valence-corrected chi connectivity index (χ0v) is 19.4. The number of methoxy groups -OCH3 is 1. The van der Waals surface area contributed by atoms with Crippen molar-refractivity contribution in [3.8, 4) is 11.5 Å². The zero-order valence-electron chi connectivity index (χ0n) is 19.4. The minimum atomic E-state index is -1.09. The van der Waals surface area contributed by atoms with E-state index in [2.05, 4.69) is 10.3 Å². The van der Waals surface area contributed by atoms with E-state index in [0.29, 0.717) is 30.1 Å². The number of hydrogen-bond acceptors (Lipinski definition) is 6. The molecule has 0 saturated heterocycles. The third-order valence-corrected chi connectivity index (χ3v) is 4.84. The highest BCUT2D eigenvalue weighted by molar-refractivity contribution is 6.04. The fraction of sp³-hybridized carbons (Fsp3) is 0.269. The Morgan fingerprint density at radius 1 is 0.941 bits per heavy atom. The highest BCUT2D eigenvalue weighted by Crippen LogP contribution is 2.26. The molecule has 2 N–H and O–H groups in total. The SMILES string of the molecule is COCC(C)Oc1cc(OC(C)Cc2ccccc2)cc(C(=O)Nc2ccc(C(=O)O)cn2)c1. The highest BCUT2D eigenvalue weighted by Gasteiger charge is 2.15. The number of aromatic carboxylic acids is 1. The van der Waals surface area contributed by atoms with Crippen molar-refractivity contribution < 1.29 is 28.9 Å². The number of benzene rings is 2. The molecular weight excluding hydrogens is 436 g/mol. The van der Waals surface area contributed by atoms with Crippen molar-refractivity contribution in [1.82, 2.24) is 4.98 Å². The minimum absolute atomic E-state index is 0.0311. The van der Waals surface area contributed by atoms with Crippen LogP contribution in [0.5, 0.6) is 11.5 Å². The number of amides is 1. The first kappa shape index (κ1) is 24.7. The molecule has 8 nitrogen and oxygen atoms in total. The van der Waals surface area contributed by atoms with E-state index in [0.717, 1.165) is 5.56 Å². The molecule has 178 valence electrons. The van der Waals surface area contributed by atoms with Crippen LogP contribution in [0.15, 0.2) is 66.9 Å². The van der Waals surface area contributed by atoms with E-state index in [9.17, 15) is 9.59 Å². The number of hydrogen-bond donors (Lipinski definition) is 2. The quantitative estimate of drug-likeness (QED) is 0.432. The van der Waals surface area contributed by atoms with Crippen LogP contribution in [0.2, 0.25) is 0 Å². The Hall–Kier alpha value is -3.91. The third-order valence-electron chi connectivity index (χ3n) is 4.84. The summed E-state index contributed by atoms with van der Waals surface area (Å²) < 4.78 is 17.2. The number of carbonyl (C=O) groups is 2. The van der Waals surface area contributed by atoms with Gasteiger partial charge in [-0.3, -0.25) is 4.79 Å². The van der Waals surface area contributed by atoms with E-state index in [-0.39, 0.29) is 23.6 Å². The summed E-state index contributed by atoms with van der Waals surface area (Å²) in [6, 6.07) is 17.8. The number of aromatic nitrogens is 1. The molecule has 0 aliphatic heterocycles. The van der Waals surface area contributed by atoms with Crippen LogP contribution in [0.3, 0.4) is 0 Å². The summed E-state index contributed by atoms with van der Waals surface area (Å²) in [6.45, 7) is 4.21. The van der Waals surface area contributed by atoms with Gasteiger partial charge in [-0.2, -0.15) is 0 Å². The molecule has 0 aliphatic rings. The molecule has 0 spiro atoms. The molecule has 1 aromatic heterocycles. The molecule has 1 heterocycles. The molecule has 0 aliphatic carbocycles. The molecule has 8 heteroatoms. The van der Waals surface area contributed by atoms with Crippen molar-refractivity contribution in [2.24, 2.45) is 0 Å². The summed E-state index contributed by atoms with van der Waals surface area (Å²) in [7, 11) is 1.59. The minimum Gasteiger partial charge on any atom is -0.490 e. The number of nitrogens with one attached hydrogen (secondary N) is 1. The second kappa shape index (κ2) is 11.8. The van der Waals surface area contributed by atoms with Crippen LogP contribution < -0.4 is 14.8 Å². The topological polar surface area (TPSA) is 107 Å². The first-order valence-corrected chi connectivity index (χ1v) is 10.9. The van der Waals surface area contributed by atoms with Crippen molar-refractivity contribution in [3.05, 3.63) is 83.6 Å². The molecule has 0 bridgehead atoms. The summed E-state index contributed by atoms with van der Waals surface area (Å²) >= 11 is 0. The van der Waals surface area contributed by atoms with E-state index < -0.39 is 11.9 Å². The number of carboxylic acid groups (broad SMARTS) is 1. The predicted octanol–water partition coefficient (Wildman–Crippen LogP) is 4.46. The fourth-order valence-electron chi connectivity index (χ4n) is 3.34. The van der Waals surface area contributed by atoms with Crippen LogP contribution in [-0.2, 0) is 11.2 Å². The first-order valence-electron chi connectivity index (χ1n) is 10.9. The Balaban J connectivity index is 1.79. The molecule has 2 aromatic carbocycles. The van der Waals surface area contributed by atoms with Crippen LogP contribution in [-0.4, -0.2) is 47.9 Å². The Morgan fingerprint density at radius 3 is 2.21 bits per heavy atom. The molecule has 0 fully saturated rings. The summed E-state index contributed by atoms with van der Waals surface area (Å²) in [5.41, 5.74) is 1.49. The van der Waals surface area contributed by atoms with E-state index in [1.165, 1.54) is 18.3 Å². The summed E-state index contributed by atoms with van der Waals surface area (Å²) in [5, 5.41) is 11.7. The van der Waals surface area contributed by atoms with Crippen LogP contribution in [0, 0.1) is 0 Å². The van der Waals surface area contributed by atoms with Gasteiger partial charge in [0.25, 0.3) is 5.91 Å². The van der Waals surface area contributed by atoms with Gasteiger partial charge in [-0.1, -0.05) is 30.3 Å². The lowest BCUT2D eigenvalue weighted by Gasteiger charge is -2.19. The Kier molecular flexibility index (Phi) is 8.59. The number of carbonyl (C=O) groups excluding carboxylic acids is 1. The maximum Gasteiger partial charge on any atom is 0.337 e. The number of nitrogens with zero attached hydrogens (tertiary/aromatic N) is 1. The van der Waals surface area contributed by atoms with Gasteiger partial charge in [0.15, 0.2) is 0 Å². The maximum absolute atomic E-state index is 12.9. The molecule has 0 radical (unpaired) electrons. The first-order chi connectivity index (χ1) is 16.3. The third kappa shape index (κ3) is 7.31. The van der Waals surface area contributed by atoms with Crippen LogP contribution in [0.1, 0.15) is 40.1 Å². The molecule has 3 aromatic rings. The van der Waals surface area contributed by atoms with Gasteiger partial charge in [-0.05, 0) is 43.7 Å². The van der Waals surface area contributed by atoms with Crippen LogP contribution in [0.4, 0.5) is 5.82 Å². The lowest BCUT2D eigenvalue weighted by molar-refractivity contribution is 0.0696. The Morgan fingerprint density at radius 2 is 1.62 bits per heavy atom. The number of anilines is 1. The van der Waals surface area contributed by atoms with Crippen molar-refractivity contribution >= 4 is 17.7 Å². The number of rotatable bonds is 11. The van der Waals surface area contributed by atoms with Crippen molar-refractivity contribution in [2.45, 2.75) is 32.5 Å². The van der Waals surface area contributed by atoms with Crippen molar-refractivity contribution in [3.63, 3.8) is 0 Å². The van der Waals surface area contributed by atoms with Crippen molar-refractivity contribution in [1.29, 1.82) is 0 Å². The number of pyridine rings is 1. The monoisotopic (exact) mass is 464 g/mol. The lowest BCUT2D eigenvalue weighted by atomic mass is 10.1. The van der Waals surface area contributed by atoms with Gasteiger partial charge in [0.1, 0.15) is 23.4 Å². The second-order valence-corrected chi connectivity index (χ2v) is 7.89. The molecular formula is C26H28N2O6. The molecule has 0 saturated carbocycles. The zero-order chi connectivity index (χ0) is 24.5. The normalized spacial score (nSPS) is 12.4. The van der Waals surface area contributed by atoms with Gasteiger partial charge in [-0.15, -0.1) is 0 Å². The van der Waals surface area contributed by atoms with Gasteiger partial charge in [0.05, 0.1) is 18.3 Å². The highest BCUT2D eigenvalue weighted by atomic mass is 16.5. The summed E-state index contributed by atoms with van der Waals surface area (Å²) in [5.74, 6) is -0.333. The molecule has 2 unspecified atom stereocenters. The summed E-state index contributed by atoms with van der Waals surface area (Å²) in [6.07, 6.45) is 1.51. The molecule has 3 rings (SSSR count). The smallest absolute Gasteiger partial charge is 0.337 e. The second-order valence-electron chi connectivity index (χ2n) is 7.89. The van der Waals surface area contributed by atoms with E-state index >= 15 is 0 Å². The Labute approximate surface area is 198 Å². The van der Waals surface area contributed by atoms with E-state index in [1.807, 2.05) is 44.2 Å². The fourth-order valence-corrected chi connectivity index (χ4v) is 3.34. The van der Waals surface area contributed by atoms with Crippen LogP contribution in [0.25, 0.3) is 0 Å². The van der Waals surface area contributed by atoms with Gasteiger partial charge in [-0.25, -0.2) is 9.78 Å². The molecule has 2 atom stereocenters. The predicted molar refractivity (Wildman–Crippen MR) is 128 cm³/mol. The average molecular weight is 465 g/mol. The van der Waals surface area contributed by atoms with Crippen molar-refractivity contribution in [2.75, 3.05) is 19.0 Å². The standard InChI is InChI=1S/C26H28N2O6/c1-17(11-19-7-5-4-6-8-19)33-22-12-21(13-23(14-22)34-18(2)16-32-3)25(29)28-24-10-9-20(15-27-24)26(30)31/h4-10,12-15,17-18H,11,16H2,1-3H3,(H,30,31)(H,27,28,29). The van der Waals surface area contributed by atoms with E-state index in [4.69, 9.17) is 19.3 Å². The number of ether oxygens (including phenoxy) is 3. The maximum atomic E-state index is 12.9. The van der Waals surface area contributed by atoms with Gasteiger partial charge < -0.3 is 24.6 Å². The molecule has 1 amide bonds. The largest absolute Gasteiger partial charge is 0.490 e. The Bertz CT molecular complexity index is 1100. The molecule has 34 heavy (non-hydrogen) atoms. The summed E-state index contributed by atoms with van der Waals surface area (Å²) in [4.78, 5) is 27.9.